The highest BCUT2D eigenvalue weighted by Crippen LogP contribution is 2.31. The molecule has 1 rings (SSSR count). The molecule has 0 aliphatic carbocycles. The molecule has 0 aromatic rings. The quantitative estimate of drug-likeness (QED) is 0.733. The van der Waals surface area contributed by atoms with Gasteiger partial charge in [0.25, 0.3) is 0 Å². The second-order valence-corrected chi connectivity index (χ2v) is 4.14. The number of aliphatic carboxylic acids is 1. The Labute approximate surface area is 84.1 Å². The first-order valence-corrected chi connectivity index (χ1v) is 4.90. The fraction of sp³-hybridized carbons (Fsp3) is 0.800. The molecule has 0 spiro atoms. The van der Waals surface area contributed by atoms with Gasteiger partial charge in [-0.3, -0.25) is 9.69 Å². The third-order valence-electron chi connectivity index (χ3n) is 3.00. The molecule has 0 bridgehead atoms. The molecular weight excluding hydrogens is 180 g/mol. The van der Waals surface area contributed by atoms with E-state index in [4.69, 9.17) is 10.4 Å². The number of hydrogen-bond acceptors (Lipinski definition) is 3. The summed E-state index contributed by atoms with van der Waals surface area (Å²) < 4.78 is 0. The monoisotopic (exact) mass is 196 g/mol. The molecule has 1 fully saturated rings. The topological polar surface area (TPSA) is 64.3 Å². The van der Waals surface area contributed by atoms with E-state index < -0.39 is 11.4 Å². The van der Waals surface area contributed by atoms with Crippen LogP contribution in [0.3, 0.4) is 0 Å². The molecule has 0 radical (unpaired) electrons. The Balaban J connectivity index is 2.66. The van der Waals surface area contributed by atoms with Gasteiger partial charge in [0.15, 0.2) is 0 Å². The zero-order valence-electron chi connectivity index (χ0n) is 8.66. The van der Waals surface area contributed by atoms with Crippen LogP contribution in [-0.4, -0.2) is 35.1 Å². The molecule has 1 aliphatic heterocycles. The molecule has 1 saturated heterocycles. The van der Waals surface area contributed by atoms with Crippen molar-refractivity contribution in [2.45, 2.75) is 32.7 Å². The lowest BCUT2D eigenvalue weighted by Gasteiger charge is -2.22. The van der Waals surface area contributed by atoms with E-state index in [-0.39, 0.29) is 6.04 Å². The predicted molar refractivity (Wildman–Crippen MR) is 51.6 cm³/mol. The third kappa shape index (κ3) is 1.88. The van der Waals surface area contributed by atoms with E-state index >= 15 is 0 Å². The molecule has 1 aliphatic rings. The van der Waals surface area contributed by atoms with Crippen molar-refractivity contribution in [1.82, 2.24) is 4.90 Å². The van der Waals surface area contributed by atoms with Crippen LogP contribution in [0.25, 0.3) is 0 Å². The van der Waals surface area contributed by atoms with Crippen LogP contribution in [0, 0.1) is 16.7 Å². The van der Waals surface area contributed by atoms with Crippen LogP contribution >= 0.6 is 0 Å². The summed E-state index contributed by atoms with van der Waals surface area (Å²) in [5.74, 6) is -0.757. The van der Waals surface area contributed by atoms with E-state index in [1.54, 1.807) is 6.92 Å². The second-order valence-electron chi connectivity index (χ2n) is 4.14. The summed E-state index contributed by atoms with van der Waals surface area (Å²) >= 11 is 0. The van der Waals surface area contributed by atoms with Gasteiger partial charge < -0.3 is 5.11 Å². The Kier molecular flexibility index (Phi) is 3.12. The minimum Gasteiger partial charge on any atom is -0.481 e. The predicted octanol–water partition coefficient (Wildman–Crippen LogP) is 1.09. The number of carbonyl (C=O) groups is 1. The minimum absolute atomic E-state index is 0.129. The Morgan fingerprint density at radius 1 is 1.79 bits per heavy atom. The van der Waals surface area contributed by atoms with Crippen LogP contribution in [0.2, 0.25) is 0 Å². The molecule has 2 atom stereocenters. The SMILES string of the molecule is CCC(C#N)N1CCC(C)(C(=O)O)C1. The largest absolute Gasteiger partial charge is 0.481 e. The molecule has 4 heteroatoms. The highest BCUT2D eigenvalue weighted by molar-refractivity contribution is 5.74. The number of carboxylic acid groups (broad SMARTS) is 1. The van der Waals surface area contributed by atoms with Crippen LogP contribution in [0.5, 0.6) is 0 Å². The van der Waals surface area contributed by atoms with E-state index in [0.717, 1.165) is 13.0 Å². The molecule has 0 aromatic carbocycles. The zero-order valence-corrected chi connectivity index (χ0v) is 8.66. The zero-order chi connectivity index (χ0) is 10.8. The number of hydrogen-bond donors (Lipinski definition) is 1. The van der Waals surface area contributed by atoms with Gasteiger partial charge in [-0.1, -0.05) is 6.92 Å². The molecule has 0 aromatic heterocycles. The van der Waals surface area contributed by atoms with E-state index in [2.05, 4.69) is 6.07 Å². The van der Waals surface area contributed by atoms with Crippen molar-refractivity contribution in [2.75, 3.05) is 13.1 Å². The van der Waals surface area contributed by atoms with Gasteiger partial charge in [0.2, 0.25) is 0 Å². The number of carboxylic acids is 1. The molecule has 2 unspecified atom stereocenters. The van der Waals surface area contributed by atoms with Gasteiger partial charge in [0, 0.05) is 13.1 Å². The molecule has 0 saturated carbocycles. The number of rotatable bonds is 3. The van der Waals surface area contributed by atoms with Crippen molar-refractivity contribution in [3.8, 4) is 6.07 Å². The molecular formula is C10H16N2O2. The summed E-state index contributed by atoms with van der Waals surface area (Å²) in [6.07, 6.45) is 1.40. The standard InChI is InChI=1S/C10H16N2O2/c1-3-8(6-11)12-5-4-10(2,7-12)9(13)14/h8H,3-5,7H2,1-2H3,(H,13,14). The van der Waals surface area contributed by atoms with E-state index in [1.165, 1.54) is 0 Å². The van der Waals surface area contributed by atoms with Crippen molar-refractivity contribution in [1.29, 1.82) is 5.26 Å². The minimum atomic E-state index is -0.757. The fourth-order valence-electron chi connectivity index (χ4n) is 1.87. The van der Waals surface area contributed by atoms with Crippen molar-refractivity contribution in [3.05, 3.63) is 0 Å². The summed E-state index contributed by atoms with van der Waals surface area (Å²) in [7, 11) is 0. The highest BCUT2D eigenvalue weighted by Gasteiger charge is 2.42. The van der Waals surface area contributed by atoms with Crippen molar-refractivity contribution in [2.24, 2.45) is 5.41 Å². The lowest BCUT2D eigenvalue weighted by atomic mass is 9.90. The highest BCUT2D eigenvalue weighted by atomic mass is 16.4. The van der Waals surface area contributed by atoms with Crippen molar-refractivity contribution >= 4 is 5.97 Å². The Bertz CT molecular complexity index is 272. The summed E-state index contributed by atoms with van der Waals surface area (Å²) in [6, 6.07) is 2.07. The average Bonchev–Trinajstić information content (AvgIpc) is 2.52. The Morgan fingerprint density at radius 2 is 2.43 bits per heavy atom. The molecule has 78 valence electrons. The molecule has 1 heterocycles. The smallest absolute Gasteiger partial charge is 0.310 e. The molecule has 0 amide bonds. The third-order valence-corrected chi connectivity index (χ3v) is 3.00. The second kappa shape index (κ2) is 3.97. The van der Waals surface area contributed by atoms with Crippen molar-refractivity contribution in [3.63, 3.8) is 0 Å². The van der Waals surface area contributed by atoms with Gasteiger partial charge in [-0.05, 0) is 19.8 Å². The summed E-state index contributed by atoms with van der Waals surface area (Å²) in [5, 5.41) is 17.9. The number of likely N-dealkylation sites (tertiary alicyclic amines) is 1. The Morgan fingerprint density at radius 3 is 2.79 bits per heavy atom. The van der Waals surface area contributed by atoms with Gasteiger partial charge in [0.05, 0.1) is 17.5 Å². The summed E-state index contributed by atoms with van der Waals surface area (Å²) in [4.78, 5) is 12.9. The summed E-state index contributed by atoms with van der Waals surface area (Å²) in [5.41, 5.74) is -0.662. The first-order chi connectivity index (χ1) is 6.53. The summed E-state index contributed by atoms with van der Waals surface area (Å²) in [6.45, 7) is 4.91. The number of nitrogens with zero attached hydrogens (tertiary/aromatic N) is 2. The molecule has 1 N–H and O–H groups in total. The first-order valence-electron chi connectivity index (χ1n) is 4.90. The average molecular weight is 196 g/mol. The molecule has 4 nitrogen and oxygen atoms in total. The lowest BCUT2D eigenvalue weighted by molar-refractivity contribution is -0.147. The van der Waals surface area contributed by atoms with Crippen LogP contribution in [0.1, 0.15) is 26.7 Å². The van der Waals surface area contributed by atoms with Gasteiger partial charge >= 0.3 is 5.97 Å². The maximum atomic E-state index is 11.0. The van der Waals surface area contributed by atoms with E-state index in [9.17, 15) is 4.79 Å². The van der Waals surface area contributed by atoms with Crippen LogP contribution in [-0.2, 0) is 4.79 Å². The van der Waals surface area contributed by atoms with Crippen LogP contribution in [0.15, 0.2) is 0 Å². The van der Waals surface area contributed by atoms with E-state index in [1.807, 2.05) is 11.8 Å². The van der Waals surface area contributed by atoms with Crippen LogP contribution < -0.4 is 0 Å². The lowest BCUT2D eigenvalue weighted by Crippen LogP contribution is -2.36. The number of nitriles is 1. The normalized spacial score (nSPS) is 29.8. The molecule has 14 heavy (non-hydrogen) atoms. The van der Waals surface area contributed by atoms with E-state index in [0.29, 0.717) is 13.0 Å². The van der Waals surface area contributed by atoms with Crippen LogP contribution in [0.4, 0.5) is 0 Å². The maximum Gasteiger partial charge on any atom is 0.310 e. The van der Waals surface area contributed by atoms with Gasteiger partial charge in [-0.2, -0.15) is 5.26 Å². The fourth-order valence-corrected chi connectivity index (χ4v) is 1.87. The first kappa shape index (κ1) is 11.0. The Hall–Kier alpha value is -1.08. The van der Waals surface area contributed by atoms with Gasteiger partial charge in [0.1, 0.15) is 0 Å². The van der Waals surface area contributed by atoms with Crippen molar-refractivity contribution < 1.29 is 9.90 Å². The maximum absolute atomic E-state index is 11.0. The van der Waals surface area contributed by atoms with Gasteiger partial charge in [-0.15, -0.1) is 0 Å². The van der Waals surface area contributed by atoms with Gasteiger partial charge in [-0.25, -0.2) is 0 Å².